The molecule has 4 rings (SSSR count). The number of anilines is 2. The zero-order chi connectivity index (χ0) is 21.8. The molecule has 5 N–H and O–H groups in total. The minimum absolute atomic E-state index is 0.150. The van der Waals surface area contributed by atoms with E-state index in [9.17, 15) is 4.79 Å². The molecule has 3 aromatic carbocycles. The molecule has 1 aromatic heterocycles. The van der Waals surface area contributed by atoms with E-state index in [0.29, 0.717) is 16.9 Å². The molecule has 7 nitrogen and oxygen atoms in total. The van der Waals surface area contributed by atoms with E-state index in [1.807, 2.05) is 42.7 Å². The number of imidazole rings is 1. The van der Waals surface area contributed by atoms with Crippen molar-refractivity contribution in [1.29, 1.82) is 5.41 Å². The third kappa shape index (κ3) is 4.40. The number of rotatable bonds is 6. The molecule has 0 aliphatic heterocycles. The molecule has 4 aromatic rings. The van der Waals surface area contributed by atoms with Crippen molar-refractivity contribution in [1.82, 2.24) is 9.55 Å². The Morgan fingerprint density at radius 1 is 1.03 bits per heavy atom. The Labute approximate surface area is 180 Å². The van der Waals surface area contributed by atoms with Crippen molar-refractivity contribution in [2.24, 2.45) is 5.73 Å². The molecule has 0 aliphatic rings. The lowest BCUT2D eigenvalue weighted by molar-refractivity contribution is 0.102. The van der Waals surface area contributed by atoms with Gasteiger partial charge in [-0.25, -0.2) is 4.98 Å². The number of carbonyl (C=O) groups is 1. The molecule has 1 amide bonds. The number of hydrogen-bond acceptors (Lipinski definition) is 3. The molecule has 0 fully saturated rings. The number of benzene rings is 3. The van der Waals surface area contributed by atoms with Crippen molar-refractivity contribution in [2.75, 3.05) is 10.6 Å². The summed E-state index contributed by atoms with van der Waals surface area (Å²) in [6.07, 6.45) is 2.81. The van der Waals surface area contributed by atoms with E-state index in [0.717, 1.165) is 17.5 Å². The normalized spacial score (nSPS) is 11.8. The molecule has 156 valence electrons. The molecule has 31 heavy (non-hydrogen) atoms. The summed E-state index contributed by atoms with van der Waals surface area (Å²) >= 11 is 0. The highest BCUT2D eigenvalue weighted by Gasteiger charge is 2.15. The van der Waals surface area contributed by atoms with E-state index in [-0.39, 0.29) is 17.9 Å². The monoisotopic (exact) mass is 412 g/mol. The molecular formula is C24H24N6O. The maximum atomic E-state index is 12.6. The van der Waals surface area contributed by atoms with Gasteiger partial charge in [-0.15, -0.1) is 0 Å². The number of hydrogen-bond donors (Lipinski definition) is 4. The average molecular weight is 412 g/mol. The molecular weight excluding hydrogens is 388 g/mol. The number of guanidine groups is 1. The van der Waals surface area contributed by atoms with Crippen LogP contribution < -0.4 is 16.4 Å². The zero-order valence-electron chi connectivity index (χ0n) is 17.2. The van der Waals surface area contributed by atoms with Gasteiger partial charge in [-0.2, -0.15) is 0 Å². The Kier molecular flexibility index (Phi) is 5.66. The van der Waals surface area contributed by atoms with Crippen molar-refractivity contribution in [3.63, 3.8) is 0 Å². The minimum atomic E-state index is -0.219. The fourth-order valence-electron chi connectivity index (χ4n) is 3.69. The highest BCUT2D eigenvalue weighted by Crippen LogP contribution is 2.27. The number of nitrogens with one attached hydrogen (secondary N) is 3. The van der Waals surface area contributed by atoms with Gasteiger partial charge in [-0.05, 0) is 54.4 Å². The van der Waals surface area contributed by atoms with E-state index < -0.39 is 0 Å². The number of carbonyl (C=O) groups excluding carboxylic acids is 1. The number of nitrogens with zero attached hydrogens (tertiary/aromatic N) is 2. The Hall–Kier alpha value is -4.13. The van der Waals surface area contributed by atoms with Crippen LogP contribution in [0, 0.1) is 5.41 Å². The summed E-state index contributed by atoms with van der Waals surface area (Å²) in [5.41, 5.74) is 10.2. The summed E-state index contributed by atoms with van der Waals surface area (Å²) < 4.78 is 2.18. The van der Waals surface area contributed by atoms with E-state index in [2.05, 4.69) is 39.2 Å². The van der Waals surface area contributed by atoms with Crippen molar-refractivity contribution in [3.8, 4) is 0 Å². The minimum Gasteiger partial charge on any atom is -0.370 e. The van der Waals surface area contributed by atoms with Crippen LogP contribution in [0.1, 0.15) is 35.3 Å². The van der Waals surface area contributed by atoms with Crippen molar-refractivity contribution < 1.29 is 4.79 Å². The van der Waals surface area contributed by atoms with Gasteiger partial charge >= 0.3 is 0 Å². The first kappa shape index (κ1) is 20.2. The van der Waals surface area contributed by atoms with E-state index >= 15 is 0 Å². The van der Waals surface area contributed by atoms with Crippen LogP contribution in [0.4, 0.5) is 11.4 Å². The van der Waals surface area contributed by atoms with Crippen LogP contribution in [0.5, 0.6) is 0 Å². The van der Waals surface area contributed by atoms with E-state index in [1.165, 1.54) is 5.56 Å². The van der Waals surface area contributed by atoms with Crippen LogP contribution in [0.25, 0.3) is 11.0 Å². The lowest BCUT2D eigenvalue weighted by Gasteiger charge is -2.18. The standard InChI is InChI=1S/C24H24N6O/c1-2-21(16-6-4-3-5-7-16)30-15-27-20-14-19(12-13-22(20)30)28-23(31)17-8-10-18(11-9-17)29-24(25)26/h3-15,21H,2H2,1H3,(H,28,31)(H4,25,26,29). The number of aromatic nitrogens is 2. The molecule has 0 saturated carbocycles. The highest BCUT2D eigenvalue weighted by atomic mass is 16.1. The molecule has 0 bridgehead atoms. The predicted octanol–water partition coefficient (Wildman–Crippen LogP) is 4.59. The molecule has 7 heteroatoms. The topological polar surface area (TPSA) is 109 Å². The molecule has 0 radical (unpaired) electrons. The van der Waals surface area contributed by atoms with Gasteiger partial charge in [-0.1, -0.05) is 37.3 Å². The second-order valence-corrected chi connectivity index (χ2v) is 7.26. The summed E-state index contributed by atoms with van der Waals surface area (Å²) in [4.78, 5) is 17.2. The van der Waals surface area contributed by atoms with Gasteiger partial charge in [0, 0.05) is 16.9 Å². The Bertz CT molecular complexity index is 1210. The fraction of sp³-hybridized carbons (Fsp3) is 0.125. The number of amides is 1. The maximum Gasteiger partial charge on any atom is 0.255 e. The van der Waals surface area contributed by atoms with E-state index in [4.69, 9.17) is 11.1 Å². The molecule has 1 heterocycles. The fourth-order valence-corrected chi connectivity index (χ4v) is 3.69. The molecule has 1 unspecified atom stereocenters. The SMILES string of the molecule is CCC(c1ccccc1)n1cnc2cc(NC(=O)c3ccc(NC(=N)N)cc3)ccc21. The Morgan fingerprint density at radius 3 is 2.42 bits per heavy atom. The molecule has 0 aliphatic carbocycles. The number of fused-ring (bicyclic) bond motifs is 1. The second kappa shape index (κ2) is 8.71. The van der Waals surface area contributed by atoms with Gasteiger partial charge in [0.15, 0.2) is 5.96 Å². The van der Waals surface area contributed by atoms with E-state index in [1.54, 1.807) is 24.3 Å². The summed E-state index contributed by atoms with van der Waals surface area (Å²) in [6.45, 7) is 2.16. The average Bonchev–Trinajstić information content (AvgIpc) is 3.18. The largest absolute Gasteiger partial charge is 0.370 e. The Morgan fingerprint density at radius 2 is 1.74 bits per heavy atom. The van der Waals surface area contributed by atoms with Gasteiger partial charge in [0.1, 0.15) is 0 Å². The quantitative estimate of drug-likeness (QED) is 0.274. The van der Waals surface area contributed by atoms with Crippen molar-refractivity contribution in [3.05, 3.63) is 90.3 Å². The summed E-state index contributed by atoms with van der Waals surface area (Å²) in [5, 5.41) is 12.9. The third-order valence-electron chi connectivity index (χ3n) is 5.17. The lowest BCUT2D eigenvalue weighted by atomic mass is 10.0. The number of nitrogens with two attached hydrogens (primary N) is 1. The predicted molar refractivity (Wildman–Crippen MR) is 125 cm³/mol. The van der Waals surface area contributed by atoms with Crippen molar-refractivity contribution >= 4 is 34.3 Å². The van der Waals surface area contributed by atoms with Gasteiger partial charge in [-0.3, -0.25) is 10.2 Å². The Balaban J connectivity index is 1.54. The summed E-state index contributed by atoms with van der Waals surface area (Å²) in [5.74, 6) is -0.369. The van der Waals surface area contributed by atoms with Crippen LogP contribution in [0.2, 0.25) is 0 Å². The molecule has 1 atom stereocenters. The third-order valence-corrected chi connectivity index (χ3v) is 5.17. The molecule has 0 spiro atoms. The summed E-state index contributed by atoms with van der Waals surface area (Å²) in [7, 11) is 0. The van der Waals surface area contributed by atoms with Crippen LogP contribution in [0.3, 0.4) is 0 Å². The molecule has 0 saturated heterocycles. The van der Waals surface area contributed by atoms with Crippen LogP contribution in [-0.4, -0.2) is 21.4 Å². The van der Waals surface area contributed by atoms with Crippen LogP contribution in [-0.2, 0) is 0 Å². The summed E-state index contributed by atoms with van der Waals surface area (Å²) in [6, 6.07) is 23.1. The first-order valence-corrected chi connectivity index (χ1v) is 10.1. The second-order valence-electron chi connectivity index (χ2n) is 7.26. The van der Waals surface area contributed by atoms with Gasteiger partial charge < -0.3 is 20.9 Å². The highest BCUT2D eigenvalue weighted by molar-refractivity contribution is 6.05. The first-order valence-electron chi connectivity index (χ1n) is 10.1. The van der Waals surface area contributed by atoms with Gasteiger partial charge in [0.2, 0.25) is 0 Å². The zero-order valence-corrected chi connectivity index (χ0v) is 17.2. The lowest BCUT2D eigenvalue weighted by Crippen LogP contribution is -2.20. The van der Waals surface area contributed by atoms with Gasteiger partial charge in [0.05, 0.1) is 23.4 Å². The first-order chi connectivity index (χ1) is 15.0. The smallest absolute Gasteiger partial charge is 0.255 e. The van der Waals surface area contributed by atoms with Gasteiger partial charge in [0.25, 0.3) is 5.91 Å². The maximum absolute atomic E-state index is 12.6. The van der Waals surface area contributed by atoms with Crippen LogP contribution in [0.15, 0.2) is 79.1 Å². The van der Waals surface area contributed by atoms with Crippen molar-refractivity contribution in [2.45, 2.75) is 19.4 Å². The van der Waals surface area contributed by atoms with Crippen LogP contribution >= 0.6 is 0 Å².